The van der Waals surface area contributed by atoms with Crippen molar-refractivity contribution in [2.75, 3.05) is 26.3 Å². The molecule has 0 bridgehead atoms. The van der Waals surface area contributed by atoms with Crippen LogP contribution in [0.5, 0.6) is 0 Å². The standard InChI is InChI=1S/C15H24N2O3S/c1-3-5-11-20-12-10-17-21(18,19)15-8-6-14(7-9-15)13-16-4-2/h3,6-9,16-17H,1,4-5,10-13H2,2H3. The lowest BCUT2D eigenvalue weighted by molar-refractivity contribution is 0.144. The average molecular weight is 312 g/mol. The molecule has 0 radical (unpaired) electrons. The third-order valence-electron chi connectivity index (χ3n) is 2.82. The molecule has 6 heteroatoms. The molecule has 1 rings (SSSR count). The Kier molecular flexibility index (Phi) is 8.22. The Morgan fingerprint density at radius 2 is 1.95 bits per heavy atom. The first-order chi connectivity index (χ1) is 10.1. The van der Waals surface area contributed by atoms with Gasteiger partial charge < -0.3 is 10.1 Å². The molecule has 5 nitrogen and oxygen atoms in total. The molecule has 1 aromatic rings. The van der Waals surface area contributed by atoms with Crippen LogP contribution in [0.25, 0.3) is 0 Å². The molecule has 0 aromatic heterocycles. The van der Waals surface area contributed by atoms with E-state index in [9.17, 15) is 8.42 Å². The third kappa shape index (κ3) is 6.86. The van der Waals surface area contributed by atoms with Crippen LogP contribution in [0.15, 0.2) is 41.8 Å². The molecule has 0 saturated carbocycles. The number of nitrogens with one attached hydrogen (secondary N) is 2. The minimum Gasteiger partial charge on any atom is -0.380 e. The summed E-state index contributed by atoms with van der Waals surface area (Å²) < 4.78 is 31.9. The second-order valence-corrected chi connectivity index (χ2v) is 6.28. The van der Waals surface area contributed by atoms with Crippen molar-refractivity contribution < 1.29 is 13.2 Å². The summed E-state index contributed by atoms with van der Waals surface area (Å²) in [6, 6.07) is 6.87. The van der Waals surface area contributed by atoms with Gasteiger partial charge in [0.1, 0.15) is 0 Å². The molecule has 21 heavy (non-hydrogen) atoms. The van der Waals surface area contributed by atoms with Crippen molar-refractivity contribution in [3.8, 4) is 0 Å². The van der Waals surface area contributed by atoms with E-state index in [-0.39, 0.29) is 11.4 Å². The van der Waals surface area contributed by atoms with Crippen molar-refractivity contribution in [2.24, 2.45) is 0 Å². The largest absolute Gasteiger partial charge is 0.380 e. The van der Waals surface area contributed by atoms with Crippen molar-refractivity contribution in [3.05, 3.63) is 42.5 Å². The molecule has 0 atom stereocenters. The summed E-state index contributed by atoms with van der Waals surface area (Å²) in [6.07, 6.45) is 2.53. The van der Waals surface area contributed by atoms with Gasteiger partial charge in [0.25, 0.3) is 0 Å². The van der Waals surface area contributed by atoms with Crippen molar-refractivity contribution >= 4 is 10.0 Å². The van der Waals surface area contributed by atoms with E-state index < -0.39 is 10.0 Å². The lowest BCUT2D eigenvalue weighted by Crippen LogP contribution is -2.27. The van der Waals surface area contributed by atoms with Gasteiger partial charge in [-0.25, -0.2) is 13.1 Å². The van der Waals surface area contributed by atoms with Crippen LogP contribution in [-0.2, 0) is 21.3 Å². The summed E-state index contributed by atoms with van der Waals surface area (Å²) in [6.45, 7) is 8.41. The Labute approximate surface area is 127 Å². The second kappa shape index (κ2) is 9.68. The van der Waals surface area contributed by atoms with E-state index in [4.69, 9.17) is 4.74 Å². The summed E-state index contributed by atoms with van der Waals surface area (Å²) in [5.41, 5.74) is 1.06. The zero-order chi connectivity index (χ0) is 15.6. The van der Waals surface area contributed by atoms with Gasteiger partial charge in [-0.15, -0.1) is 6.58 Å². The predicted octanol–water partition coefficient (Wildman–Crippen LogP) is 1.67. The predicted molar refractivity (Wildman–Crippen MR) is 84.6 cm³/mol. The van der Waals surface area contributed by atoms with E-state index in [2.05, 4.69) is 16.6 Å². The molecule has 0 aliphatic heterocycles. The van der Waals surface area contributed by atoms with Crippen LogP contribution in [0.3, 0.4) is 0 Å². The summed E-state index contributed by atoms with van der Waals surface area (Å²) in [5, 5.41) is 3.19. The maximum atomic E-state index is 12.0. The van der Waals surface area contributed by atoms with Crippen molar-refractivity contribution in [1.82, 2.24) is 10.0 Å². The Morgan fingerprint density at radius 1 is 1.24 bits per heavy atom. The zero-order valence-electron chi connectivity index (χ0n) is 12.5. The fraction of sp³-hybridized carbons (Fsp3) is 0.467. The first-order valence-corrected chi connectivity index (χ1v) is 8.56. The fourth-order valence-corrected chi connectivity index (χ4v) is 2.67. The summed E-state index contributed by atoms with van der Waals surface area (Å²) in [4.78, 5) is 0.272. The van der Waals surface area contributed by atoms with Crippen LogP contribution in [0, 0.1) is 0 Å². The smallest absolute Gasteiger partial charge is 0.240 e. The van der Waals surface area contributed by atoms with Gasteiger partial charge in [-0.3, -0.25) is 0 Å². The number of benzene rings is 1. The average Bonchev–Trinajstić information content (AvgIpc) is 2.49. The van der Waals surface area contributed by atoms with E-state index in [0.717, 1.165) is 25.1 Å². The van der Waals surface area contributed by atoms with E-state index in [1.807, 2.05) is 19.1 Å². The van der Waals surface area contributed by atoms with Crippen LogP contribution >= 0.6 is 0 Å². The summed E-state index contributed by atoms with van der Waals surface area (Å²) in [5.74, 6) is 0. The Balaban J connectivity index is 2.44. The Morgan fingerprint density at radius 3 is 2.57 bits per heavy atom. The van der Waals surface area contributed by atoms with Crippen LogP contribution < -0.4 is 10.0 Å². The molecule has 2 N–H and O–H groups in total. The lowest BCUT2D eigenvalue weighted by Gasteiger charge is -2.08. The molecule has 0 saturated heterocycles. The molecule has 0 aliphatic carbocycles. The van der Waals surface area contributed by atoms with E-state index in [1.165, 1.54) is 0 Å². The highest BCUT2D eigenvalue weighted by Gasteiger charge is 2.12. The number of hydrogen-bond acceptors (Lipinski definition) is 4. The van der Waals surface area contributed by atoms with Crippen molar-refractivity contribution in [1.29, 1.82) is 0 Å². The topological polar surface area (TPSA) is 67.4 Å². The van der Waals surface area contributed by atoms with Crippen molar-refractivity contribution in [2.45, 2.75) is 24.8 Å². The van der Waals surface area contributed by atoms with Gasteiger partial charge in [0.05, 0.1) is 18.1 Å². The fourth-order valence-electron chi connectivity index (χ4n) is 1.66. The van der Waals surface area contributed by atoms with Gasteiger partial charge in [0, 0.05) is 13.1 Å². The molecule has 0 fully saturated rings. The molecule has 0 aliphatic rings. The van der Waals surface area contributed by atoms with Crippen LogP contribution in [0.2, 0.25) is 0 Å². The first-order valence-electron chi connectivity index (χ1n) is 7.08. The second-order valence-electron chi connectivity index (χ2n) is 4.51. The number of sulfonamides is 1. The molecule has 0 amide bonds. The number of rotatable bonds is 11. The quantitative estimate of drug-likeness (QED) is 0.482. The molecule has 118 valence electrons. The van der Waals surface area contributed by atoms with Gasteiger partial charge in [-0.05, 0) is 30.7 Å². The molecular formula is C15H24N2O3S. The molecule has 0 spiro atoms. The lowest BCUT2D eigenvalue weighted by atomic mass is 10.2. The normalized spacial score (nSPS) is 11.5. The van der Waals surface area contributed by atoms with E-state index in [1.54, 1.807) is 18.2 Å². The minimum absolute atomic E-state index is 0.263. The van der Waals surface area contributed by atoms with Crippen LogP contribution in [0.4, 0.5) is 0 Å². The monoisotopic (exact) mass is 312 g/mol. The highest BCUT2D eigenvalue weighted by Crippen LogP contribution is 2.10. The Hall–Kier alpha value is -1.21. The maximum Gasteiger partial charge on any atom is 0.240 e. The van der Waals surface area contributed by atoms with E-state index >= 15 is 0 Å². The van der Waals surface area contributed by atoms with Crippen molar-refractivity contribution in [3.63, 3.8) is 0 Å². The van der Waals surface area contributed by atoms with Gasteiger partial charge in [0.2, 0.25) is 10.0 Å². The molecule has 0 heterocycles. The molecule has 0 unspecified atom stereocenters. The van der Waals surface area contributed by atoms with E-state index in [0.29, 0.717) is 13.2 Å². The van der Waals surface area contributed by atoms with Crippen LogP contribution in [0.1, 0.15) is 18.9 Å². The van der Waals surface area contributed by atoms with Gasteiger partial charge >= 0.3 is 0 Å². The molecular weight excluding hydrogens is 288 g/mol. The Bertz CT molecular complexity index is 512. The SMILES string of the molecule is C=CCCOCCNS(=O)(=O)c1ccc(CNCC)cc1. The number of hydrogen-bond donors (Lipinski definition) is 2. The van der Waals surface area contributed by atoms with Gasteiger partial charge in [-0.2, -0.15) is 0 Å². The summed E-state index contributed by atoms with van der Waals surface area (Å²) >= 11 is 0. The zero-order valence-corrected chi connectivity index (χ0v) is 13.3. The van der Waals surface area contributed by atoms with Gasteiger partial charge in [0.15, 0.2) is 0 Å². The highest BCUT2D eigenvalue weighted by molar-refractivity contribution is 7.89. The summed E-state index contributed by atoms with van der Waals surface area (Å²) in [7, 11) is -3.46. The van der Waals surface area contributed by atoms with Crippen LogP contribution in [-0.4, -0.2) is 34.7 Å². The maximum absolute atomic E-state index is 12.0. The highest BCUT2D eigenvalue weighted by atomic mass is 32.2. The molecule has 1 aromatic carbocycles. The van der Waals surface area contributed by atoms with Gasteiger partial charge in [-0.1, -0.05) is 25.1 Å². The first kappa shape index (κ1) is 17.8. The third-order valence-corrected chi connectivity index (χ3v) is 4.29. The minimum atomic E-state index is -3.46. The number of ether oxygens (including phenoxy) is 1.